The zero-order valence-electron chi connectivity index (χ0n) is 10.5. The summed E-state index contributed by atoms with van der Waals surface area (Å²) in [5.74, 6) is -0.397. The molecule has 0 unspecified atom stereocenters. The molecule has 0 atom stereocenters. The number of sulfonamides is 1. The van der Waals surface area contributed by atoms with Crippen LogP contribution in [0, 0.1) is 18.3 Å². The van der Waals surface area contributed by atoms with E-state index in [1.54, 1.807) is 5.38 Å². The molecule has 0 radical (unpaired) electrons. The Morgan fingerprint density at radius 3 is 2.85 bits per heavy atom. The Morgan fingerprint density at radius 2 is 2.25 bits per heavy atom. The fourth-order valence-corrected chi connectivity index (χ4v) is 3.27. The number of thiazole rings is 1. The quantitative estimate of drug-likeness (QED) is 0.891. The minimum absolute atomic E-state index is 0.0306. The fraction of sp³-hybridized carbons (Fsp3) is 0.167. The van der Waals surface area contributed by atoms with E-state index in [9.17, 15) is 13.5 Å². The topological polar surface area (TPSA) is 103 Å². The average molecular weight is 309 g/mol. The molecule has 104 valence electrons. The van der Waals surface area contributed by atoms with Gasteiger partial charge in [-0.15, -0.1) is 11.3 Å². The number of rotatable bonds is 4. The predicted molar refractivity (Wildman–Crippen MR) is 73.7 cm³/mol. The molecule has 6 nitrogen and oxygen atoms in total. The molecule has 1 aromatic carbocycles. The van der Waals surface area contributed by atoms with E-state index in [2.05, 4.69) is 9.71 Å². The second-order valence-electron chi connectivity index (χ2n) is 3.98. The number of benzene rings is 1. The van der Waals surface area contributed by atoms with Gasteiger partial charge < -0.3 is 5.11 Å². The Morgan fingerprint density at radius 1 is 1.50 bits per heavy atom. The average Bonchev–Trinajstić information content (AvgIpc) is 2.83. The number of aromatic hydroxyl groups is 1. The zero-order chi connectivity index (χ0) is 14.8. The highest BCUT2D eigenvalue weighted by molar-refractivity contribution is 7.89. The van der Waals surface area contributed by atoms with Gasteiger partial charge in [0.1, 0.15) is 10.6 Å². The number of nitrogens with zero attached hydrogens (tertiary/aromatic N) is 2. The van der Waals surface area contributed by atoms with Crippen LogP contribution in [-0.4, -0.2) is 18.5 Å². The number of phenols is 1. The maximum atomic E-state index is 12.1. The molecule has 0 bridgehead atoms. The van der Waals surface area contributed by atoms with Crippen LogP contribution >= 0.6 is 11.3 Å². The van der Waals surface area contributed by atoms with Crippen molar-refractivity contribution in [2.24, 2.45) is 0 Å². The van der Waals surface area contributed by atoms with Crippen molar-refractivity contribution < 1.29 is 13.5 Å². The molecule has 0 aliphatic rings. The second-order valence-corrected chi connectivity index (χ2v) is 6.77. The van der Waals surface area contributed by atoms with Crippen molar-refractivity contribution >= 4 is 21.4 Å². The summed E-state index contributed by atoms with van der Waals surface area (Å²) in [5, 5.41) is 21.0. The van der Waals surface area contributed by atoms with Gasteiger partial charge in [0.2, 0.25) is 10.0 Å². The van der Waals surface area contributed by atoms with Gasteiger partial charge in [0, 0.05) is 5.38 Å². The number of nitrogens with one attached hydrogen (secondary N) is 1. The standard InChI is InChI=1S/C12H11N3O3S2/c1-8-15-10(7-19-8)6-14-20(17,18)12-4-9(5-13)2-3-11(12)16/h2-4,7,14,16H,6H2,1H3. The molecule has 0 spiro atoms. The minimum Gasteiger partial charge on any atom is -0.507 e. The second kappa shape index (κ2) is 5.58. The number of nitriles is 1. The van der Waals surface area contributed by atoms with Crippen LogP contribution in [-0.2, 0) is 16.6 Å². The van der Waals surface area contributed by atoms with E-state index in [4.69, 9.17) is 5.26 Å². The van der Waals surface area contributed by atoms with Crippen LogP contribution in [0.4, 0.5) is 0 Å². The van der Waals surface area contributed by atoms with E-state index < -0.39 is 15.8 Å². The number of hydrogen-bond donors (Lipinski definition) is 2. The number of aryl methyl sites for hydroxylation is 1. The van der Waals surface area contributed by atoms with E-state index in [0.29, 0.717) is 5.69 Å². The van der Waals surface area contributed by atoms with Crippen LogP contribution in [0.2, 0.25) is 0 Å². The molecule has 1 aromatic heterocycles. The maximum absolute atomic E-state index is 12.1. The van der Waals surface area contributed by atoms with Crippen molar-refractivity contribution in [1.29, 1.82) is 5.26 Å². The largest absolute Gasteiger partial charge is 0.507 e. The lowest BCUT2D eigenvalue weighted by atomic mass is 10.2. The monoisotopic (exact) mass is 309 g/mol. The number of phenolic OH excluding ortho intramolecular Hbond substituents is 1. The van der Waals surface area contributed by atoms with Gasteiger partial charge in [0.05, 0.1) is 28.9 Å². The molecular weight excluding hydrogens is 298 g/mol. The Hall–Kier alpha value is -1.95. The summed E-state index contributed by atoms with van der Waals surface area (Å²) < 4.78 is 26.5. The molecule has 2 aromatic rings. The van der Waals surface area contributed by atoms with Gasteiger partial charge in [-0.1, -0.05) is 0 Å². The Bertz CT molecular complexity index is 775. The van der Waals surface area contributed by atoms with Gasteiger partial charge in [-0.25, -0.2) is 18.1 Å². The summed E-state index contributed by atoms with van der Waals surface area (Å²) in [7, 11) is -3.90. The molecule has 8 heteroatoms. The third-order valence-corrected chi connectivity index (χ3v) is 4.74. The fourth-order valence-electron chi connectivity index (χ4n) is 1.54. The van der Waals surface area contributed by atoms with Crippen LogP contribution in [0.25, 0.3) is 0 Å². The predicted octanol–water partition coefficient (Wildman–Crippen LogP) is 1.51. The smallest absolute Gasteiger partial charge is 0.244 e. The van der Waals surface area contributed by atoms with Crippen molar-refractivity contribution in [3.05, 3.63) is 39.8 Å². The molecule has 0 saturated heterocycles. The lowest BCUT2D eigenvalue weighted by molar-refractivity contribution is 0.457. The molecule has 2 N–H and O–H groups in total. The number of aromatic nitrogens is 1. The highest BCUT2D eigenvalue weighted by Crippen LogP contribution is 2.23. The van der Waals surface area contributed by atoms with E-state index in [-0.39, 0.29) is 17.0 Å². The highest BCUT2D eigenvalue weighted by atomic mass is 32.2. The molecule has 20 heavy (non-hydrogen) atoms. The van der Waals surface area contributed by atoms with E-state index in [1.807, 2.05) is 13.0 Å². The number of hydrogen-bond acceptors (Lipinski definition) is 6. The molecule has 0 saturated carbocycles. The third-order valence-electron chi connectivity index (χ3n) is 2.49. The van der Waals surface area contributed by atoms with Crippen molar-refractivity contribution in [3.63, 3.8) is 0 Å². The van der Waals surface area contributed by atoms with Crippen LogP contribution < -0.4 is 4.72 Å². The molecule has 0 fully saturated rings. The van der Waals surface area contributed by atoms with Crippen molar-refractivity contribution in [2.45, 2.75) is 18.4 Å². The molecule has 0 amide bonds. The SMILES string of the molecule is Cc1nc(CNS(=O)(=O)c2cc(C#N)ccc2O)cs1. The van der Waals surface area contributed by atoms with Crippen LogP contribution in [0.5, 0.6) is 5.75 Å². The molecule has 0 aliphatic carbocycles. The Balaban J connectivity index is 2.24. The molecule has 1 heterocycles. The summed E-state index contributed by atoms with van der Waals surface area (Å²) in [4.78, 5) is 3.82. The van der Waals surface area contributed by atoms with Gasteiger partial charge in [-0.3, -0.25) is 0 Å². The lowest BCUT2D eigenvalue weighted by Gasteiger charge is -2.07. The van der Waals surface area contributed by atoms with Gasteiger partial charge in [0.25, 0.3) is 0 Å². The van der Waals surface area contributed by atoms with Crippen LogP contribution in [0.1, 0.15) is 16.3 Å². The first kappa shape index (κ1) is 14.5. The summed E-state index contributed by atoms with van der Waals surface area (Å²) in [6, 6.07) is 5.48. The summed E-state index contributed by atoms with van der Waals surface area (Å²) in [5.41, 5.74) is 0.764. The van der Waals surface area contributed by atoms with E-state index in [0.717, 1.165) is 11.1 Å². The summed E-state index contributed by atoms with van der Waals surface area (Å²) in [6.45, 7) is 1.85. The van der Waals surface area contributed by atoms with Crippen molar-refractivity contribution in [3.8, 4) is 11.8 Å². The maximum Gasteiger partial charge on any atom is 0.244 e. The summed E-state index contributed by atoms with van der Waals surface area (Å²) >= 11 is 1.42. The first-order chi connectivity index (χ1) is 9.42. The Kier molecular flexibility index (Phi) is 4.04. The van der Waals surface area contributed by atoms with Gasteiger partial charge in [-0.2, -0.15) is 5.26 Å². The zero-order valence-corrected chi connectivity index (χ0v) is 12.1. The lowest BCUT2D eigenvalue weighted by Crippen LogP contribution is -2.23. The molecular formula is C12H11N3O3S2. The minimum atomic E-state index is -3.90. The summed E-state index contributed by atoms with van der Waals surface area (Å²) in [6.07, 6.45) is 0. The first-order valence-electron chi connectivity index (χ1n) is 5.56. The van der Waals surface area contributed by atoms with Crippen LogP contribution in [0.15, 0.2) is 28.5 Å². The van der Waals surface area contributed by atoms with Gasteiger partial charge in [-0.05, 0) is 25.1 Å². The van der Waals surface area contributed by atoms with Gasteiger partial charge in [0.15, 0.2) is 0 Å². The highest BCUT2D eigenvalue weighted by Gasteiger charge is 2.19. The first-order valence-corrected chi connectivity index (χ1v) is 7.92. The van der Waals surface area contributed by atoms with E-state index in [1.165, 1.54) is 23.5 Å². The third kappa shape index (κ3) is 3.14. The van der Waals surface area contributed by atoms with Gasteiger partial charge >= 0.3 is 0 Å². The molecule has 0 aliphatic heterocycles. The molecule has 2 rings (SSSR count). The van der Waals surface area contributed by atoms with Crippen molar-refractivity contribution in [2.75, 3.05) is 0 Å². The van der Waals surface area contributed by atoms with Crippen molar-refractivity contribution in [1.82, 2.24) is 9.71 Å². The normalized spacial score (nSPS) is 11.2. The van der Waals surface area contributed by atoms with E-state index >= 15 is 0 Å². The van der Waals surface area contributed by atoms with Crippen LogP contribution in [0.3, 0.4) is 0 Å². The Labute approximate surface area is 120 Å².